The van der Waals surface area contributed by atoms with Crippen LogP contribution in [0.1, 0.15) is 50.8 Å². The molecule has 2 aromatic rings. The number of hydrogen-bond acceptors (Lipinski definition) is 5. The van der Waals surface area contributed by atoms with Crippen molar-refractivity contribution in [1.29, 1.82) is 0 Å². The predicted octanol–water partition coefficient (Wildman–Crippen LogP) is 3.52. The van der Waals surface area contributed by atoms with E-state index in [1.807, 2.05) is 0 Å². The van der Waals surface area contributed by atoms with E-state index in [1.54, 1.807) is 12.3 Å². The largest absolute Gasteiger partial charge is 0.506 e. The summed E-state index contributed by atoms with van der Waals surface area (Å²) in [6, 6.07) is 1.58. The van der Waals surface area contributed by atoms with Gasteiger partial charge in [-0.1, -0.05) is 31.3 Å². The number of aromatic nitrogens is 3. The van der Waals surface area contributed by atoms with Crippen LogP contribution in [0, 0.1) is 5.92 Å². The number of rotatable bonds is 3. The molecule has 2 unspecified atom stereocenters. The van der Waals surface area contributed by atoms with Crippen molar-refractivity contribution >= 4 is 0 Å². The highest BCUT2D eigenvalue weighted by Gasteiger charge is 2.26. The van der Waals surface area contributed by atoms with Crippen molar-refractivity contribution in [3.8, 4) is 17.2 Å². The first-order valence-electron chi connectivity index (χ1n) is 7.24. The zero-order chi connectivity index (χ0) is 13.9. The van der Waals surface area contributed by atoms with Crippen LogP contribution in [0.2, 0.25) is 0 Å². The molecule has 0 saturated heterocycles. The van der Waals surface area contributed by atoms with E-state index in [2.05, 4.69) is 22.0 Å². The van der Waals surface area contributed by atoms with Gasteiger partial charge < -0.3 is 9.63 Å². The first-order valence-corrected chi connectivity index (χ1v) is 7.24. The molecule has 20 heavy (non-hydrogen) atoms. The second kappa shape index (κ2) is 5.61. The van der Waals surface area contributed by atoms with Crippen molar-refractivity contribution in [1.82, 2.24) is 15.1 Å². The number of pyridine rings is 1. The van der Waals surface area contributed by atoms with Crippen LogP contribution in [0.25, 0.3) is 11.5 Å². The summed E-state index contributed by atoms with van der Waals surface area (Å²) in [5.41, 5.74) is 0.659. The molecule has 1 N–H and O–H groups in total. The second-order valence-corrected chi connectivity index (χ2v) is 5.53. The molecular weight excluding hydrogens is 254 g/mol. The molecule has 2 aromatic heterocycles. The van der Waals surface area contributed by atoms with Gasteiger partial charge >= 0.3 is 0 Å². The fourth-order valence-electron chi connectivity index (χ4n) is 2.96. The van der Waals surface area contributed by atoms with E-state index in [-0.39, 0.29) is 5.75 Å². The Morgan fingerprint density at radius 3 is 3.05 bits per heavy atom. The minimum Gasteiger partial charge on any atom is -0.506 e. The Labute approximate surface area is 118 Å². The van der Waals surface area contributed by atoms with Crippen LogP contribution in [0.5, 0.6) is 5.75 Å². The second-order valence-electron chi connectivity index (χ2n) is 5.53. The van der Waals surface area contributed by atoms with Crippen LogP contribution in [-0.2, 0) is 0 Å². The maximum Gasteiger partial charge on any atom is 0.259 e. The minimum absolute atomic E-state index is 0.103. The first-order chi connectivity index (χ1) is 9.76. The molecule has 106 valence electrons. The minimum atomic E-state index is 0.103. The Kier molecular flexibility index (Phi) is 3.67. The van der Waals surface area contributed by atoms with E-state index in [1.165, 1.54) is 25.5 Å². The lowest BCUT2D eigenvalue weighted by Crippen LogP contribution is -2.14. The molecule has 5 heteroatoms. The maximum absolute atomic E-state index is 9.44. The van der Waals surface area contributed by atoms with Crippen LogP contribution in [-0.4, -0.2) is 20.2 Å². The zero-order valence-corrected chi connectivity index (χ0v) is 11.6. The van der Waals surface area contributed by atoms with Gasteiger partial charge in [0.25, 0.3) is 5.89 Å². The third-order valence-electron chi connectivity index (χ3n) is 4.14. The van der Waals surface area contributed by atoms with Crippen molar-refractivity contribution in [2.45, 2.75) is 44.9 Å². The molecule has 0 bridgehead atoms. The Hall–Kier alpha value is -1.91. The number of nitrogens with zero attached hydrogens (tertiary/aromatic N) is 3. The predicted molar refractivity (Wildman–Crippen MR) is 74.2 cm³/mol. The van der Waals surface area contributed by atoms with E-state index >= 15 is 0 Å². The molecule has 1 aliphatic rings. The standard InChI is InChI=1S/C15H19N3O2/c1-2-10-4-3-5-11(6-10)14-17-15(20-18-14)12-7-13(19)9-16-8-12/h7-11,19H,2-6H2,1H3. The summed E-state index contributed by atoms with van der Waals surface area (Å²) in [5.74, 6) is 2.50. The summed E-state index contributed by atoms with van der Waals surface area (Å²) in [4.78, 5) is 8.42. The molecule has 3 rings (SSSR count). The van der Waals surface area contributed by atoms with Gasteiger partial charge in [-0.05, 0) is 24.8 Å². The van der Waals surface area contributed by atoms with Gasteiger partial charge in [-0.15, -0.1) is 0 Å². The Bertz CT molecular complexity index is 582. The van der Waals surface area contributed by atoms with Crippen molar-refractivity contribution in [2.75, 3.05) is 0 Å². The fourth-order valence-corrected chi connectivity index (χ4v) is 2.96. The van der Waals surface area contributed by atoms with Crippen LogP contribution in [0.3, 0.4) is 0 Å². The monoisotopic (exact) mass is 273 g/mol. The summed E-state index contributed by atoms with van der Waals surface area (Å²) in [5, 5.41) is 13.6. The zero-order valence-electron chi connectivity index (χ0n) is 11.6. The van der Waals surface area contributed by atoms with Crippen molar-refractivity contribution in [3.05, 3.63) is 24.3 Å². The molecule has 1 aliphatic carbocycles. The van der Waals surface area contributed by atoms with Gasteiger partial charge in [-0.3, -0.25) is 4.98 Å². The van der Waals surface area contributed by atoms with Crippen LogP contribution in [0.4, 0.5) is 0 Å². The highest BCUT2D eigenvalue weighted by molar-refractivity contribution is 5.53. The average Bonchev–Trinajstić information content (AvgIpc) is 2.97. The van der Waals surface area contributed by atoms with Gasteiger partial charge in [-0.25, -0.2) is 0 Å². The quantitative estimate of drug-likeness (QED) is 0.926. The number of aromatic hydroxyl groups is 1. The average molecular weight is 273 g/mol. The van der Waals surface area contributed by atoms with Crippen LogP contribution >= 0.6 is 0 Å². The van der Waals surface area contributed by atoms with Gasteiger partial charge in [0.15, 0.2) is 5.82 Å². The van der Waals surface area contributed by atoms with E-state index in [0.717, 1.165) is 24.6 Å². The molecule has 0 spiro atoms. The summed E-state index contributed by atoms with van der Waals surface area (Å²) in [6.07, 6.45) is 9.05. The normalized spacial score (nSPS) is 22.9. The maximum atomic E-state index is 9.44. The van der Waals surface area contributed by atoms with Gasteiger partial charge in [0, 0.05) is 12.1 Å². The summed E-state index contributed by atoms with van der Waals surface area (Å²) < 4.78 is 5.32. The Morgan fingerprint density at radius 1 is 1.35 bits per heavy atom. The highest BCUT2D eigenvalue weighted by atomic mass is 16.5. The molecule has 0 aromatic carbocycles. The van der Waals surface area contributed by atoms with Gasteiger partial charge in [-0.2, -0.15) is 4.98 Å². The van der Waals surface area contributed by atoms with Gasteiger partial charge in [0.2, 0.25) is 0 Å². The third-order valence-corrected chi connectivity index (χ3v) is 4.14. The fraction of sp³-hybridized carbons (Fsp3) is 0.533. The highest BCUT2D eigenvalue weighted by Crippen LogP contribution is 2.36. The van der Waals surface area contributed by atoms with Crippen molar-refractivity contribution < 1.29 is 9.63 Å². The third kappa shape index (κ3) is 2.66. The van der Waals surface area contributed by atoms with Crippen molar-refractivity contribution in [3.63, 3.8) is 0 Å². The molecule has 2 heterocycles. The summed E-state index contributed by atoms with van der Waals surface area (Å²) >= 11 is 0. The van der Waals surface area contributed by atoms with Crippen LogP contribution < -0.4 is 0 Å². The molecule has 0 aliphatic heterocycles. The van der Waals surface area contributed by atoms with E-state index in [9.17, 15) is 5.11 Å². The van der Waals surface area contributed by atoms with Crippen molar-refractivity contribution in [2.24, 2.45) is 5.92 Å². The van der Waals surface area contributed by atoms with Gasteiger partial charge in [0.05, 0.1) is 11.8 Å². The number of hydrogen-bond donors (Lipinski definition) is 1. The Morgan fingerprint density at radius 2 is 2.25 bits per heavy atom. The lowest BCUT2D eigenvalue weighted by Gasteiger charge is -2.26. The molecule has 0 radical (unpaired) electrons. The summed E-state index contributed by atoms with van der Waals surface area (Å²) in [7, 11) is 0. The van der Waals surface area contributed by atoms with E-state index < -0.39 is 0 Å². The summed E-state index contributed by atoms with van der Waals surface area (Å²) in [6.45, 7) is 2.24. The molecular formula is C15H19N3O2. The molecule has 1 fully saturated rings. The lowest BCUT2D eigenvalue weighted by molar-refractivity contribution is 0.300. The first kappa shape index (κ1) is 13.1. The molecule has 5 nitrogen and oxygen atoms in total. The smallest absolute Gasteiger partial charge is 0.259 e. The topological polar surface area (TPSA) is 72.0 Å². The molecule has 2 atom stereocenters. The SMILES string of the molecule is CCC1CCCC(c2noc(-c3cncc(O)c3)n2)C1. The van der Waals surface area contributed by atoms with Crippen LogP contribution in [0.15, 0.2) is 23.0 Å². The van der Waals surface area contributed by atoms with E-state index in [0.29, 0.717) is 17.4 Å². The molecule has 0 amide bonds. The molecule has 1 saturated carbocycles. The van der Waals surface area contributed by atoms with Gasteiger partial charge in [0.1, 0.15) is 5.75 Å². The van der Waals surface area contributed by atoms with E-state index in [4.69, 9.17) is 4.52 Å². The Balaban J connectivity index is 1.80. The lowest BCUT2D eigenvalue weighted by atomic mass is 9.80.